The number of carbonyl (C=O) groups excluding carboxylic acids is 5. The van der Waals surface area contributed by atoms with Gasteiger partial charge < -0.3 is 24.8 Å². The van der Waals surface area contributed by atoms with Crippen molar-refractivity contribution in [1.29, 1.82) is 0 Å². The molecule has 2 aromatic carbocycles. The number of carbonyl (C=O) groups is 5. The van der Waals surface area contributed by atoms with Crippen molar-refractivity contribution >= 4 is 29.7 Å². The molecule has 0 aromatic heterocycles. The molecule has 0 bridgehead atoms. The maximum Gasteiger partial charge on any atom is 0.407 e. The minimum Gasteiger partial charge on any atom is -0.460 e. The smallest absolute Gasteiger partial charge is 0.407 e. The average molecular weight is 691 g/mol. The Hall–Kier alpha value is -4.47. The van der Waals surface area contributed by atoms with Crippen molar-refractivity contribution < 1.29 is 38.2 Å². The highest BCUT2D eigenvalue weighted by atomic mass is 16.6. The predicted molar refractivity (Wildman–Crippen MR) is 192 cm³/mol. The number of Topliss-reactive ketones (excluding diaryl/α,β-unsaturated/α-hetero) is 1. The zero-order valence-corrected chi connectivity index (χ0v) is 30.9. The fourth-order valence-corrected chi connectivity index (χ4v) is 5.95. The Morgan fingerprint density at radius 1 is 0.820 bits per heavy atom. The van der Waals surface area contributed by atoms with E-state index >= 15 is 0 Å². The van der Waals surface area contributed by atoms with Gasteiger partial charge in [0.15, 0.2) is 5.78 Å². The van der Waals surface area contributed by atoms with Gasteiger partial charge in [-0.05, 0) is 67.9 Å². The van der Waals surface area contributed by atoms with Gasteiger partial charge >= 0.3 is 18.0 Å². The van der Waals surface area contributed by atoms with E-state index in [1.54, 1.807) is 46.8 Å². The van der Waals surface area contributed by atoms with Gasteiger partial charge in [-0.3, -0.25) is 14.4 Å². The summed E-state index contributed by atoms with van der Waals surface area (Å²) in [6.45, 7) is 16.0. The van der Waals surface area contributed by atoms with Crippen LogP contribution in [0.1, 0.15) is 98.6 Å². The van der Waals surface area contributed by atoms with Crippen LogP contribution >= 0.6 is 0 Å². The lowest BCUT2D eigenvalue weighted by atomic mass is 9.94. The van der Waals surface area contributed by atoms with Crippen molar-refractivity contribution in [3.05, 3.63) is 71.8 Å². The highest BCUT2D eigenvalue weighted by Crippen LogP contribution is 2.44. The molecule has 0 saturated carbocycles. The van der Waals surface area contributed by atoms with Crippen LogP contribution in [0.25, 0.3) is 11.1 Å². The molecule has 0 spiro atoms. The maximum atomic E-state index is 13.8. The quantitative estimate of drug-likeness (QED) is 0.0841. The number of alkyl carbamates (subject to hydrolysis) is 1. The molecule has 0 aliphatic heterocycles. The summed E-state index contributed by atoms with van der Waals surface area (Å²) in [4.78, 5) is 65.9. The van der Waals surface area contributed by atoms with Crippen molar-refractivity contribution in [2.45, 2.75) is 111 Å². The Morgan fingerprint density at radius 3 is 1.88 bits per heavy atom. The van der Waals surface area contributed by atoms with Crippen LogP contribution in [-0.4, -0.2) is 60.1 Å². The summed E-state index contributed by atoms with van der Waals surface area (Å²) in [6.07, 6.45) is 2.16. The summed E-state index contributed by atoms with van der Waals surface area (Å²) in [5, 5.41) is 5.56. The minimum atomic E-state index is -1.07. The molecule has 2 amide bonds. The first-order valence-corrected chi connectivity index (χ1v) is 17.6. The largest absolute Gasteiger partial charge is 0.460 e. The number of esters is 2. The van der Waals surface area contributed by atoms with E-state index in [2.05, 4.69) is 22.8 Å². The second kappa shape index (κ2) is 18.0. The topological polar surface area (TPSA) is 137 Å². The molecule has 1 aliphatic carbocycles. The first-order chi connectivity index (χ1) is 23.6. The van der Waals surface area contributed by atoms with Gasteiger partial charge in [-0.2, -0.15) is 0 Å². The van der Waals surface area contributed by atoms with Gasteiger partial charge in [-0.1, -0.05) is 102 Å². The third-order valence-corrected chi connectivity index (χ3v) is 9.25. The second-order valence-electron chi connectivity index (χ2n) is 14.2. The molecule has 3 rings (SSSR count). The van der Waals surface area contributed by atoms with Gasteiger partial charge in [0.25, 0.3) is 0 Å². The van der Waals surface area contributed by atoms with Crippen LogP contribution in [0.4, 0.5) is 4.79 Å². The van der Waals surface area contributed by atoms with Crippen LogP contribution < -0.4 is 10.6 Å². The van der Waals surface area contributed by atoms with Crippen LogP contribution in [-0.2, 0) is 33.4 Å². The van der Waals surface area contributed by atoms with Gasteiger partial charge in [0.1, 0.15) is 36.8 Å². The Kier molecular flexibility index (Phi) is 14.4. The average Bonchev–Trinajstić information content (AvgIpc) is 3.39. The van der Waals surface area contributed by atoms with Crippen LogP contribution in [0, 0.1) is 17.8 Å². The van der Waals surface area contributed by atoms with Crippen molar-refractivity contribution in [1.82, 2.24) is 10.6 Å². The Bertz CT molecular complexity index is 1500. The molecule has 0 unspecified atom stereocenters. The second-order valence-corrected chi connectivity index (χ2v) is 14.2. The number of amides is 2. The SMILES string of the molecule is C/C=C/[C@H](OC(=O)[C@H](NC(=O)[C@@H](NC(=O)OCC1c2ccccc2-c2ccccc21)[C@@H](C)CC)[C@@H](C)CC)[C@@H](C)C(=O)CC(=O)OC(C)(C)C. The number of rotatable bonds is 16. The molecular formula is C40H54N2O8. The van der Waals surface area contributed by atoms with Gasteiger partial charge in [-0.15, -0.1) is 0 Å². The normalized spacial score (nSPS) is 16.2. The molecular weight excluding hydrogens is 636 g/mol. The zero-order valence-electron chi connectivity index (χ0n) is 30.9. The van der Waals surface area contributed by atoms with Crippen molar-refractivity contribution in [2.75, 3.05) is 6.61 Å². The highest BCUT2D eigenvalue weighted by Gasteiger charge is 2.36. The van der Waals surface area contributed by atoms with E-state index in [1.165, 1.54) is 0 Å². The Labute approximate surface area is 296 Å². The molecule has 6 atom stereocenters. The number of allylic oxidation sites excluding steroid dienone is 1. The fraction of sp³-hybridized carbons (Fsp3) is 0.525. The third kappa shape index (κ3) is 10.5. The zero-order chi connectivity index (χ0) is 37.2. The summed E-state index contributed by atoms with van der Waals surface area (Å²) >= 11 is 0. The molecule has 0 saturated heterocycles. The minimum absolute atomic E-state index is 0.0910. The lowest BCUT2D eigenvalue weighted by Gasteiger charge is -2.30. The predicted octanol–water partition coefficient (Wildman–Crippen LogP) is 6.90. The summed E-state index contributed by atoms with van der Waals surface area (Å²) in [5.41, 5.74) is 3.62. The Morgan fingerprint density at radius 2 is 1.36 bits per heavy atom. The molecule has 0 heterocycles. The number of nitrogens with one attached hydrogen (secondary N) is 2. The first-order valence-electron chi connectivity index (χ1n) is 17.6. The van der Waals surface area contributed by atoms with E-state index in [4.69, 9.17) is 14.2 Å². The molecule has 1 aliphatic rings. The Balaban J connectivity index is 1.70. The summed E-state index contributed by atoms with van der Waals surface area (Å²) in [7, 11) is 0. The van der Waals surface area contributed by atoms with Crippen LogP contribution in [0.15, 0.2) is 60.7 Å². The van der Waals surface area contributed by atoms with Gasteiger partial charge in [-0.25, -0.2) is 9.59 Å². The van der Waals surface area contributed by atoms with Gasteiger partial charge in [0.05, 0.1) is 5.92 Å². The van der Waals surface area contributed by atoms with E-state index in [0.29, 0.717) is 12.8 Å². The van der Waals surface area contributed by atoms with E-state index in [0.717, 1.165) is 22.3 Å². The fourth-order valence-electron chi connectivity index (χ4n) is 5.95. The first kappa shape index (κ1) is 40.0. The molecule has 10 nitrogen and oxygen atoms in total. The molecule has 2 aromatic rings. The van der Waals surface area contributed by atoms with Crippen molar-refractivity contribution in [3.8, 4) is 11.1 Å². The number of hydrogen-bond acceptors (Lipinski definition) is 8. The molecule has 0 radical (unpaired) electrons. The highest BCUT2D eigenvalue weighted by molar-refractivity contribution is 5.97. The number of ketones is 1. The molecule has 272 valence electrons. The monoisotopic (exact) mass is 690 g/mol. The van der Waals surface area contributed by atoms with Crippen molar-refractivity contribution in [2.24, 2.45) is 17.8 Å². The van der Waals surface area contributed by atoms with E-state index in [1.807, 2.05) is 64.1 Å². The summed E-state index contributed by atoms with van der Waals surface area (Å²) < 4.78 is 16.8. The standard InChI is InChI=1S/C40H54N2O8/c1-10-17-33(26(6)32(43)22-34(44)50-40(7,8)9)49-38(46)36(25(5)12-3)41-37(45)35(24(4)11-2)42-39(47)48-23-31-29-20-15-13-18-27(29)28-19-14-16-21-30(28)31/h10,13-21,24-26,31,33,35-36H,11-12,22-23H2,1-9H3,(H,41,45)(H,42,47)/b17-10+/t24-,25-,26-,33-,35-,36+/m0/s1. The molecule has 10 heteroatoms. The maximum absolute atomic E-state index is 13.8. The number of ether oxygens (including phenoxy) is 3. The van der Waals surface area contributed by atoms with E-state index in [-0.39, 0.29) is 24.4 Å². The van der Waals surface area contributed by atoms with Crippen molar-refractivity contribution in [3.63, 3.8) is 0 Å². The number of fused-ring (bicyclic) bond motifs is 3. The van der Waals surface area contributed by atoms with Gasteiger partial charge in [0.2, 0.25) is 5.91 Å². The number of benzene rings is 2. The van der Waals surface area contributed by atoms with Crippen LogP contribution in [0.5, 0.6) is 0 Å². The van der Waals surface area contributed by atoms with Gasteiger partial charge in [0, 0.05) is 5.92 Å². The lowest BCUT2D eigenvalue weighted by Crippen LogP contribution is -2.56. The molecule has 0 fully saturated rings. The van der Waals surface area contributed by atoms with E-state index < -0.39 is 65.8 Å². The van der Waals surface area contributed by atoms with E-state index in [9.17, 15) is 24.0 Å². The lowest BCUT2D eigenvalue weighted by molar-refractivity contribution is -0.158. The summed E-state index contributed by atoms with van der Waals surface area (Å²) in [6, 6.07) is 14.0. The van der Waals surface area contributed by atoms with Crippen LogP contribution in [0.2, 0.25) is 0 Å². The van der Waals surface area contributed by atoms with Crippen LogP contribution in [0.3, 0.4) is 0 Å². The molecule has 50 heavy (non-hydrogen) atoms. The number of hydrogen-bond donors (Lipinski definition) is 2. The summed E-state index contributed by atoms with van der Waals surface area (Å²) in [5.74, 6) is -3.99. The molecule has 2 N–H and O–H groups in total. The third-order valence-electron chi connectivity index (χ3n) is 9.25.